The second kappa shape index (κ2) is 38.7. The topological polar surface area (TPSA) is 310 Å². The number of morpholine rings is 1. The second-order valence-corrected chi connectivity index (χ2v) is 31.2. The van der Waals surface area contributed by atoms with Gasteiger partial charge in [-0.05, 0) is 248 Å². The van der Waals surface area contributed by atoms with Gasteiger partial charge < -0.3 is 45.9 Å². The van der Waals surface area contributed by atoms with Crippen LogP contribution in [0.5, 0.6) is 0 Å². The number of ether oxygens (including phenoxy) is 2. The predicted molar refractivity (Wildman–Crippen MR) is 475 cm³/mol. The van der Waals surface area contributed by atoms with Gasteiger partial charge in [0.2, 0.25) is 5.90 Å². The normalized spacial score (nSPS) is 15.1. The third-order valence-corrected chi connectivity index (χ3v) is 23.2. The highest BCUT2D eigenvalue weighted by molar-refractivity contribution is 5.98. The molecule has 6 aromatic carbocycles. The Hall–Kier alpha value is -11.5. The van der Waals surface area contributed by atoms with Crippen molar-refractivity contribution >= 4 is 99.8 Å². The van der Waals surface area contributed by atoms with Crippen LogP contribution in [-0.4, -0.2) is 196 Å². The summed E-state index contributed by atoms with van der Waals surface area (Å²) in [6, 6.07) is 30.7. The van der Waals surface area contributed by atoms with Crippen molar-refractivity contribution in [3.8, 4) is 0 Å². The zero-order valence-electron chi connectivity index (χ0n) is 70.5. The van der Waals surface area contributed by atoms with Crippen LogP contribution in [0.4, 0.5) is 28.4 Å². The molecule has 0 aliphatic carbocycles. The number of nitrogens with zero attached hydrogens (tertiary/aromatic N) is 16. The maximum absolute atomic E-state index is 12.2. The minimum atomic E-state index is -0.0293. The van der Waals surface area contributed by atoms with E-state index < -0.39 is 0 Å². The van der Waals surface area contributed by atoms with Crippen molar-refractivity contribution in [1.29, 1.82) is 0 Å². The number of aliphatic imine (C=N–C) groups is 1. The molecule has 0 atom stereocenters. The van der Waals surface area contributed by atoms with Crippen LogP contribution in [0, 0.1) is 41.5 Å². The number of aryl methyl sites for hydroxylation is 6. The molecule has 622 valence electrons. The number of piperidine rings is 1. The van der Waals surface area contributed by atoms with Crippen LogP contribution in [0.25, 0.3) is 65.4 Å². The third-order valence-electron chi connectivity index (χ3n) is 23.2. The Kier molecular flexibility index (Phi) is 27.7. The highest BCUT2D eigenvalue weighted by atomic mass is 16.5. The monoisotopic (exact) mass is 1600 g/mol. The van der Waals surface area contributed by atoms with Gasteiger partial charge >= 0.3 is 0 Å². The minimum Gasteiger partial charge on any atom is -0.476 e. The smallest absolute Gasteiger partial charge is 0.261 e. The number of hydrogen-bond donors (Lipinski definition) is 5. The van der Waals surface area contributed by atoms with Crippen molar-refractivity contribution in [3.63, 3.8) is 0 Å². The van der Waals surface area contributed by atoms with Gasteiger partial charge in [0, 0.05) is 128 Å². The summed E-state index contributed by atoms with van der Waals surface area (Å²) in [7, 11) is 10.5. The molecule has 118 heavy (non-hydrogen) atoms. The fourth-order valence-electron chi connectivity index (χ4n) is 15.5. The van der Waals surface area contributed by atoms with Gasteiger partial charge in [-0.25, -0.2) is 34.9 Å². The SMILES string of the molecule is Cc1nc2c3c(ccc2c(=O)n1C)NCC3.Cc1nc2cc(C3=NCCO3)ccc2c(=O)n1C.Cc1nc2cc(NCCCN3CCCC3)ccc2c(=O)n1C.Cc1nc2cc(NCCCN3CCCCC3)ccc2c(=O)n1C.Cc1nc2cc(NCCCN3CCOCC3)ccc2c(=O)n1C.Cc1nc2cc3c(cc2c(=O)n1C)CCN3. The second-order valence-electron chi connectivity index (χ2n) is 31.2. The van der Waals surface area contributed by atoms with E-state index in [4.69, 9.17) is 9.47 Å². The van der Waals surface area contributed by atoms with Crippen LogP contribution in [0.1, 0.15) is 103 Å². The van der Waals surface area contributed by atoms with Gasteiger partial charge in [0.1, 0.15) is 41.6 Å². The van der Waals surface area contributed by atoms with Crippen LogP contribution in [0.15, 0.2) is 131 Å². The molecular formula is C89H113N21O8. The summed E-state index contributed by atoms with van der Waals surface area (Å²) in [5.74, 6) is 5.05. The lowest BCUT2D eigenvalue weighted by molar-refractivity contribution is 0.0378. The van der Waals surface area contributed by atoms with Crippen molar-refractivity contribution in [2.75, 3.05) is 145 Å². The van der Waals surface area contributed by atoms with Crippen LogP contribution in [0.3, 0.4) is 0 Å². The van der Waals surface area contributed by atoms with E-state index in [-0.39, 0.29) is 33.4 Å². The first-order valence-electron chi connectivity index (χ1n) is 41.5. The Morgan fingerprint density at radius 2 is 0.746 bits per heavy atom. The van der Waals surface area contributed by atoms with E-state index in [2.05, 4.69) is 76.2 Å². The summed E-state index contributed by atoms with van der Waals surface area (Å²) >= 11 is 0. The molecular weight excluding hydrogens is 1490 g/mol. The van der Waals surface area contributed by atoms with E-state index in [1.165, 1.54) is 82.5 Å². The molecule has 29 nitrogen and oxygen atoms in total. The van der Waals surface area contributed by atoms with Gasteiger partial charge in [-0.2, -0.15) is 0 Å². The van der Waals surface area contributed by atoms with Crippen molar-refractivity contribution in [1.82, 2.24) is 72.0 Å². The maximum Gasteiger partial charge on any atom is 0.261 e. The van der Waals surface area contributed by atoms with Crippen molar-refractivity contribution in [2.24, 2.45) is 47.3 Å². The first-order chi connectivity index (χ1) is 57.0. The maximum atomic E-state index is 12.2. The molecule has 6 aliphatic heterocycles. The number of likely N-dealkylation sites (tertiary alicyclic amines) is 2. The first-order valence-corrected chi connectivity index (χ1v) is 41.5. The van der Waals surface area contributed by atoms with E-state index in [1.807, 2.05) is 133 Å². The third kappa shape index (κ3) is 20.0. The molecule has 3 fully saturated rings. The molecule has 0 radical (unpaired) electrons. The minimum absolute atomic E-state index is 0.00590. The molecule has 6 aromatic heterocycles. The average molecular weight is 1610 g/mol. The van der Waals surface area contributed by atoms with Crippen molar-refractivity contribution in [3.05, 3.63) is 211 Å². The summed E-state index contributed by atoms with van der Waals surface area (Å²) in [5, 5.41) is 21.0. The molecule has 0 unspecified atom stereocenters. The highest BCUT2D eigenvalue weighted by Crippen LogP contribution is 2.29. The zero-order valence-corrected chi connectivity index (χ0v) is 70.5. The van der Waals surface area contributed by atoms with Gasteiger partial charge in [-0.1, -0.05) is 6.42 Å². The van der Waals surface area contributed by atoms with Crippen LogP contribution in [0.2, 0.25) is 0 Å². The Balaban J connectivity index is 0.000000123. The fraction of sp³-hybridized carbons (Fsp3) is 0.449. The van der Waals surface area contributed by atoms with Gasteiger partial charge in [-0.15, -0.1) is 0 Å². The largest absolute Gasteiger partial charge is 0.476 e. The molecule has 29 heteroatoms. The molecule has 0 saturated carbocycles. The van der Waals surface area contributed by atoms with Crippen molar-refractivity contribution < 1.29 is 9.47 Å². The summed E-state index contributed by atoms with van der Waals surface area (Å²) in [6.45, 7) is 29.3. The van der Waals surface area contributed by atoms with Gasteiger partial charge in [-0.3, -0.25) is 61.1 Å². The molecule has 18 rings (SSSR count). The van der Waals surface area contributed by atoms with Crippen LogP contribution >= 0.6 is 0 Å². The van der Waals surface area contributed by atoms with E-state index in [0.29, 0.717) is 51.9 Å². The number of fused-ring (bicyclic) bond motifs is 9. The lowest BCUT2D eigenvalue weighted by Gasteiger charge is -2.26. The number of benzene rings is 6. The van der Waals surface area contributed by atoms with Crippen LogP contribution in [-0.2, 0) is 64.6 Å². The number of anilines is 5. The van der Waals surface area contributed by atoms with Crippen molar-refractivity contribution in [2.45, 2.75) is 106 Å². The first kappa shape index (κ1) is 84.4. The zero-order chi connectivity index (χ0) is 83.3. The Morgan fingerprint density at radius 1 is 0.373 bits per heavy atom. The quantitative estimate of drug-likeness (QED) is 0.0562. The molecule has 0 bridgehead atoms. The Morgan fingerprint density at radius 3 is 1.19 bits per heavy atom. The van der Waals surface area contributed by atoms with E-state index in [1.54, 1.807) is 75.8 Å². The van der Waals surface area contributed by atoms with E-state index in [9.17, 15) is 28.8 Å². The lowest BCUT2D eigenvalue weighted by Crippen LogP contribution is -2.37. The number of hydrogen-bond acceptors (Lipinski definition) is 23. The lowest BCUT2D eigenvalue weighted by atomic mass is 10.1. The summed E-state index contributed by atoms with van der Waals surface area (Å²) < 4.78 is 20.3. The van der Waals surface area contributed by atoms with Gasteiger partial charge in [0.05, 0.1) is 85.2 Å². The fourth-order valence-corrected chi connectivity index (χ4v) is 15.5. The molecule has 0 amide bonds. The molecule has 6 aliphatic rings. The average Bonchev–Trinajstić information content (AvgIpc) is 1.48. The molecule has 3 saturated heterocycles. The molecule has 5 N–H and O–H groups in total. The Labute approximate surface area is 686 Å². The van der Waals surface area contributed by atoms with Crippen LogP contribution < -0.4 is 59.9 Å². The standard InChI is InChI=1S/C18H26N4O.C17H24N4O2.C17H24N4O.C13H13N3O2.2C12H13N3O/c1-14-20-17-13-15(7-8-16(17)18(23)21(14)2)19-9-6-12-22-10-4-3-5-11-22;1-13-19-16-12-14(4-5-15(16)17(22)20(13)2)18-6-3-7-21-8-10-23-11-9-21;1-13-19-16-12-14(6-7-15(16)17(22)20(13)2)18-8-5-11-21-9-3-4-10-21;1-8-15-11-7-9(12-14-5-6-18-12)3-4-10(11)13(17)16(8)2;1-7-14-11-6-10-8(3-4-13-10)5-9(11)12(16)15(7)2;1-7-14-11-8-5-6-13-10(8)4-3-9(11)12(16)15(7)2/h7-8,13,19H,3-6,9-12H2,1-2H3;4-5,12,18H,3,6-11H2,1-2H3;6-7,12,18H,3-5,8-11H2,1-2H3;3-4,7H,5-6H2,1-2H3;5-6,13H,3-4H2,1-2H3;3-4,13H,5-6H2,1-2H3. The number of nitrogens with one attached hydrogen (secondary N) is 5. The van der Waals surface area contributed by atoms with E-state index >= 15 is 0 Å². The van der Waals surface area contributed by atoms with Gasteiger partial charge in [0.15, 0.2) is 0 Å². The summed E-state index contributed by atoms with van der Waals surface area (Å²) in [6.07, 6.45) is 12.1. The molecule has 0 spiro atoms. The highest BCUT2D eigenvalue weighted by Gasteiger charge is 2.21. The summed E-state index contributed by atoms with van der Waals surface area (Å²) in [5.41, 5.74) is 13.3. The number of rotatable bonds is 16. The number of aromatic nitrogens is 12. The predicted octanol–water partition coefficient (Wildman–Crippen LogP) is 9.48. The van der Waals surface area contributed by atoms with E-state index in [0.717, 1.165) is 199 Å². The molecule has 12 heterocycles. The summed E-state index contributed by atoms with van der Waals surface area (Å²) in [4.78, 5) is 111. The van der Waals surface area contributed by atoms with Gasteiger partial charge in [0.25, 0.3) is 33.4 Å². The Bertz CT molecular complexity index is 5940. The molecule has 12 aromatic rings.